The van der Waals surface area contributed by atoms with Crippen molar-refractivity contribution < 1.29 is 26.4 Å². The zero-order valence-electron chi connectivity index (χ0n) is 21.1. The number of carbonyl (C=O) groups excluding carboxylic acids is 1. The molecule has 2 aliphatic rings. The number of piperazine rings is 1. The van der Waals surface area contributed by atoms with Crippen molar-refractivity contribution in [2.75, 3.05) is 37.0 Å². The second kappa shape index (κ2) is 10.0. The molecule has 0 bridgehead atoms. The van der Waals surface area contributed by atoms with Gasteiger partial charge >= 0.3 is 0 Å². The quantitative estimate of drug-likeness (QED) is 0.480. The fourth-order valence-electron chi connectivity index (χ4n) is 4.61. The molecule has 3 aromatic rings. The van der Waals surface area contributed by atoms with Crippen LogP contribution in [0, 0.1) is 13.8 Å². The van der Waals surface area contributed by atoms with E-state index in [9.17, 15) is 21.6 Å². The molecule has 1 atom stereocenters. The highest BCUT2D eigenvalue weighted by Gasteiger charge is 2.40. The van der Waals surface area contributed by atoms with Crippen LogP contribution >= 0.6 is 0 Å². The van der Waals surface area contributed by atoms with Crippen molar-refractivity contribution in [1.82, 2.24) is 9.21 Å². The molecule has 3 aromatic carbocycles. The van der Waals surface area contributed by atoms with E-state index in [-0.39, 0.29) is 48.4 Å². The molecule has 0 radical (unpaired) electrons. The number of benzene rings is 3. The molecule has 38 heavy (non-hydrogen) atoms. The Labute approximate surface area is 223 Å². The largest absolute Gasteiger partial charge is 0.476 e. The summed E-state index contributed by atoms with van der Waals surface area (Å²) >= 11 is 0. The number of nitrogens with zero attached hydrogens (tertiary/aromatic N) is 3. The number of hydrogen-bond donors (Lipinski definition) is 0. The zero-order valence-corrected chi connectivity index (χ0v) is 22.8. The van der Waals surface area contributed by atoms with E-state index < -0.39 is 26.2 Å². The van der Waals surface area contributed by atoms with Crippen LogP contribution in [-0.4, -0.2) is 70.8 Å². The van der Waals surface area contributed by atoms with Gasteiger partial charge < -0.3 is 9.64 Å². The molecule has 11 heteroatoms. The molecule has 0 aromatic heterocycles. The van der Waals surface area contributed by atoms with Crippen LogP contribution in [0.25, 0.3) is 0 Å². The van der Waals surface area contributed by atoms with E-state index >= 15 is 0 Å². The summed E-state index contributed by atoms with van der Waals surface area (Å²) < 4.78 is 61.8. The Balaban J connectivity index is 1.34. The number of hydrogen-bond acceptors (Lipinski definition) is 6. The van der Waals surface area contributed by atoms with Crippen molar-refractivity contribution in [2.24, 2.45) is 0 Å². The van der Waals surface area contributed by atoms with Gasteiger partial charge in [-0.15, -0.1) is 0 Å². The van der Waals surface area contributed by atoms with Gasteiger partial charge in [0.15, 0.2) is 6.10 Å². The van der Waals surface area contributed by atoms with Crippen molar-refractivity contribution in [3.63, 3.8) is 0 Å². The number of carbonyl (C=O) groups is 1. The number of para-hydroxylation sites is 2. The minimum atomic E-state index is -3.96. The van der Waals surface area contributed by atoms with Crippen molar-refractivity contribution in [1.29, 1.82) is 0 Å². The maximum absolute atomic E-state index is 13.6. The third kappa shape index (κ3) is 4.89. The molecule has 1 unspecified atom stereocenters. The smallest absolute Gasteiger partial charge is 0.265 e. The average Bonchev–Trinajstić information content (AvgIpc) is 2.92. The number of rotatable bonds is 5. The summed E-state index contributed by atoms with van der Waals surface area (Å²) in [7, 11) is -7.63. The topological polar surface area (TPSA) is 104 Å². The van der Waals surface area contributed by atoms with E-state index in [1.165, 1.54) is 13.5 Å². The van der Waals surface area contributed by atoms with E-state index in [0.29, 0.717) is 11.4 Å². The third-order valence-electron chi connectivity index (χ3n) is 6.83. The first-order valence-electron chi connectivity index (χ1n) is 12.3. The molecule has 200 valence electrons. The highest BCUT2D eigenvalue weighted by molar-refractivity contribution is 7.92. The van der Waals surface area contributed by atoms with Gasteiger partial charge in [0, 0.05) is 26.2 Å². The third-order valence-corrected chi connectivity index (χ3v) is 10.5. The Kier molecular flexibility index (Phi) is 6.93. The molecular weight excluding hydrogens is 526 g/mol. The van der Waals surface area contributed by atoms with Crippen LogP contribution in [0.15, 0.2) is 82.6 Å². The SMILES string of the molecule is Cc1ccc(S(=O)(=O)N2CCN(C(=O)C3CN(S(=O)(=O)c4ccc(C)cc4)c4ccccc4O3)CC2)cc1. The fraction of sp³-hybridized carbons (Fsp3) is 0.296. The van der Waals surface area contributed by atoms with Crippen molar-refractivity contribution >= 4 is 31.6 Å². The fourth-order valence-corrected chi connectivity index (χ4v) is 7.51. The van der Waals surface area contributed by atoms with Gasteiger partial charge in [0.05, 0.1) is 22.0 Å². The van der Waals surface area contributed by atoms with Crippen molar-refractivity contribution in [2.45, 2.75) is 29.7 Å². The Morgan fingerprint density at radius 1 is 0.737 bits per heavy atom. The number of amides is 1. The highest BCUT2D eigenvalue weighted by Crippen LogP contribution is 2.37. The maximum Gasteiger partial charge on any atom is 0.265 e. The van der Waals surface area contributed by atoms with Gasteiger partial charge in [-0.05, 0) is 50.2 Å². The lowest BCUT2D eigenvalue weighted by Crippen LogP contribution is -2.56. The van der Waals surface area contributed by atoms with Crippen LogP contribution in [0.2, 0.25) is 0 Å². The predicted molar refractivity (Wildman–Crippen MR) is 143 cm³/mol. The second-order valence-corrected chi connectivity index (χ2v) is 13.3. The number of aryl methyl sites for hydroxylation is 2. The van der Waals surface area contributed by atoms with Gasteiger partial charge in [-0.3, -0.25) is 9.10 Å². The van der Waals surface area contributed by atoms with Gasteiger partial charge in [-0.25, -0.2) is 16.8 Å². The lowest BCUT2D eigenvalue weighted by Gasteiger charge is -2.39. The number of ether oxygens (including phenoxy) is 1. The molecule has 0 aliphatic carbocycles. The maximum atomic E-state index is 13.6. The number of sulfonamides is 2. The molecule has 1 saturated heterocycles. The first-order chi connectivity index (χ1) is 18.1. The molecule has 0 N–H and O–H groups in total. The first-order valence-corrected chi connectivity index (χ1v) is 15.2. The van der Waals surface area contributed by atoms with E-state index in [1.807, 2.05) is 13.8 Å². The molecule has 0 spiro atoms. The summed E-state index contributed by atoms with van der Waals surface area (Å²) in [6.07, 6.45) is -1.06. The summed E-state index contributed by atoms with van der Waals surface area (Å²) in [6.45, 7) is 4.20. The second-order valence-electron chi connectivity index (χ2n) is 9.47. The molecule has 1 amide bonds. The molecule has 5 rings (SSSR count). The average molecular weight is 556 g/mol. The Morgan fingerprint density at radius 2 is 1.26 bits per heavy atom. The minimum Gasteiger partial charge on any atom is -0.476 e. The van der Waals surface area contributed by atoms with Gasteiger partial charge in [0.25, 0.3) is 15.9 Å². The molecular formula is C27H29N3O6S2. The normalized spacial score (nSPS) is 18.5. The van der Waals surface area contributed by atoms with Crippen LogP contribution in [0.5, 0.6) is 5.75 Å². The standard InChI is InChI=1S/C27H29N3O6S2/c1-20-7-11-22(12-8-20)37(32,33)29-17-15-28(16-18-29)27(31)26-19-30(24-5-3-4-6-25(24)36-26)38(34,35)23-13-9-21(2)10-14-23/h3-14,26H,15-19H2,1-2H3. The van der Waals surface area contributed by atoms with Gasteiger partial charge in [0.1, 0.15) is 5.75 Å². The van der Waals surface area contributed by atoms with Gasteiger partial charge in [-0.2, -0.15) is 4.31 Å². The summed E-state index contributed by atoms with van der Waals surface area (Å²) in [5, 5.41) is 0. The monoisotopic (exact) mass is 555 g/mol. The summed E-state index contributed by atoms with van der Waals surface area (Å²) in [5.74, 6) is -0.0793. The number of fused-ring (bicyclic) bond motifs is 1. The Morgan fingerprint density at radius 3 is 1.84 bits per heavy atom. The molecule has 2 heterocycles. The lowest BCUT2D eigenvalue weighted by molar-refractivity contribution is -0.139. The lowest BCUT2D eigenvalue weighted by atomic mass is 10.2. The minimum absolute atomic E-state index is 0.126. The Bertz CT molecular complexity index is 1550. The van der Waals surface area contributed by atoms with E-state index in [1.54, 1.807) is 72.8 Å². The first kappa shape index (κ1) is 26.2. The van der Waals surface area contributed by atoms with Crippen LogP contribution < -0.4 is 9.04 Å². The molecule has 2 aliphatic heterocycles. The molecule has 9 nitrogen and oxygen atoms in total. The summed E-state index contributed by atoms with van der Waals surface area (Å²) in [6, 6.07) is 19.9. The van der Waals surface area contributed by atoms with Crippen molar-refractivity contribution in [3.05, 3.63) is 83.9 Å². The zero-order chi connectivity index (χ0) is 27.1. The van der Waals surface area contributed by atoms with E-state index in [2.05, 4.69) is 0 Å². The summed E-state index contributed by atoms with van der Waals surface area (Å²) in [5.41, 5.74) is 2.26. The van der Waals surface area contributed by atoms with Gasteiger partial charge in [0.2, 0.25) is 10.0 Å². The van der Waals surface area contributed by atoms with Crippen LogP contribution in [0.1, 0.15) is 11.1 Å². The van der Waals surface area contributed by atoms with Crippen molar-refractivity contribution in [3.8, 4) is 5.75 Å². The summed E-state index contributed by atoms with van der Waals surface area (Å²) in [4.78, 5) is 15.4. The van der Waals surface area contributed by atoms with Crippen LogP contribution in [0.3, 0.4) is 0 Å². The van der Waals surface area contributed by atoms with E-state index in [4.69, 9.17) is 4.74 Å². The van der Waals surface area contributed by atoms with Gasteiger partial charge in [-0.1, -0.05) is 47.5 Å². The number of anilines is 1. The van der Waals surface area contributed by atoms with Crippen LogP contribution in [0.4, 0.5) is 5.69 Å². The van der Waals surface area contributed by atoms with E-state index in [0.717, 1.165) is 11.1 Å². The Hall–Kier alpha value is -3.41. The predicted octanol–water partition coefficient (Wildman–Crippen LogP) is 2.79. The molecule has 1 fully saturated rings. The van der Waals surface area contributed by atoms with Crippen LogP contribution in [-0.2, 0) is 24.8 Å². The molecule has 0 saturated carbocycles. The highest BCUT2D eigenvalue weighted by atomic mass is 32.2.